The van der Waals surface area contributed by atoms with Crippen molar-refractivity contribution in [2.45, 2.75) is 6.42 Å². The van der Waals surface area contributed by atoms with Crippen LogP contribution in [0.2, 0.25) is 0 Å². The molecule has 0 N–H and O–H groups in total. The van der Waals surface area contributed by atoms with E-state index in [1.807, 2.05) is 0 Å². The van der Waals surface area contributed by atoms with Gasteiger partial charge in [-0.15, -0.1) is 16.7 Å². The molecule has 0 saturated heterocycles. The Bertz CT molecular complexity index is 292. The second-order valence-corrected chi connectivity index (χ2v) is 2.17. The van der Waals surface area contributed by atoms with E-state index in [4.69, 9.17) is 11.6 Å². The van der Waals surface area contributed by atoms with Gasteiger partial charge in [-0.25, -0.2) is 0 Å². The van der Waals surface area contributed by atoms with E-state index in [1.54, 1.807) is 0 Å². The molecule has 1 aromatic heterocycles. The highest BCUT2D eigenvalue weighted by atomic mass is 35.5. The number of alkyl halides is 1. The molecule has 58 valence electrons. The molecule has 0 aliphatic carbocycles. The molecule has 0 aliphatic heterocycles. The number of aryl methyl sites for hydroxylation is 1. The predicted octanol–water partition coefficient (Wildman–Crippen LogP) is -0.592. The van der Waals surface area contributed by atoms with Gasteiger partial charge in [0.1, 0.15) is 0 Å². The van der Waals surface area contributed by atoms with E-state index in [0.29, 0.717) is 17.9 Å². The van der Waals surface area contributed by atoms with Crippen LogP contribution in [0.3, 0.4) is 0 Å². The van der Waals surface area contributed by atoms with Crippen molar-refractivity contribution in [3.05, 3.63) is 22.1 Å². The van der Waals surface area contributed by atoms with Crippen molar-refractivity contribution in [3.63, 3.8) is 0 Å². The van der Waals surface area contributed by atoms with Gasteiger partial charge >= 0.3 is 0 Å². The summed E-state index contributed by atoms with van der Waals surface area (Å²) in [4.78, 5) is 10.9. The zero-order valence-electron chi connectivity index (χ0n) is 5.57. The Balaban J connectivity index is 3.07. The molecule has 0 aromatic carbocycles. The number of aromatic nitrogens is 4. The summed E-state index contributed by atoms with van der Waals surface area (Å²) >= 11 is 5.42. The van der Waals surface area contributed by atoms with Crippen molar-refractivity contribution < 1.29 is 0 Å². The fourth-order valence-electron chi connectivity index (χ4n) is 0.572. The molecule has 0 aliphatic rings. The number of hydrogen-bond acceptors (Lipinski definition) is 5. The lowest BCUT2D eigenvalue weighted by atomic mass is 10.3. The molecule has 1 heterocycles. The Morgan fingerprint density at radius 1 is 1.45 bits per heavy atom. The molecular weight excluding hydrogens is 168 g/mol. The fourth-order valence-corrected chi connectivity index (χ4v) is 0.776. The van der Waals surface area contributed by atoms with Crippen LogP contribution in [-0.2, 0) is 6.42 Å². The maximum absolute atomic E-state index is 10.9. The first-order valence-corrected chi connectivity index (χ1v) is 3.48. The van der Waals surface area contributed by atoms with Gasteiger partial charge in [0.15, 0.2) is 0 Å². The average molecular weight is 173 g/mol. The molecule has 0 amide bonds. The van der Waals surface area contributed by atoms with Gasteiger partial charge < -0.3 is 0 Å². The number of nitrogens with zero attached hydrogens (tertiary/aromatic N) is 4. The SMILES string of the molecule is O=c1nnnncc1CCCl. The van der Waals surface area contributed by atoms with Crippen LogP contribution in [0.1, 0.15) is 5.56 Å². The zero-order valence-corrected chi connectivity index (χ0v) is 6.32. The quantitative estimate of drug-likeness (QED) is 0.558. The summed E-state index contributed by atoms with van der Waals surface area (Å²) in [5.74, 6) is 0.364. The molecule has 6 heteroatoms. The third-order valence-electron chi connectivity index (χ3n) is 1.08. The Morgan fingerprint density at radius 3 is 3.00 bits per heavy atom. The van der Waals surface area contributed by atoms with Gasteiger partial charge in [-0.1, -0.05) is 5.10 Å². The third kappa shape index (κ3) is 2.19. The van der Waals surface area contributed by atoms with E-state index in [-0.39, 0.29) is 0 Å². The van der Waals surface area contributed by atoms with Gasteiger partial charge in [-0.3, -0.25) is 4.79 Å². The molecule has 0 fully saturated rings. The number of rotatable bonds is 2. The lowest BCUT2D eigenvalue weighted by molar-refractivity contribution is 0.792. The van der Waals surface area contributed by atoms with Crippen molar-refractivity contribution >= 4 is 11.6 Å². The van der Waals surface area contributed by atoms with Crippen LogP contribution in [-0.4, -0.2) is 26.5 Å². The minimum atomic E-state index is -0.421. The minimum Gasteiger partial charge on any atom is -0.265 e. The van der Waals surface area contributed by atoms with Crippen LogP contribution in [0.15, 0.2) is 11.0 Å². The molecule has 1 aromatic rings. The highest BCUT2D eigenvalue weighted by Crippen LogP contribution is 1.88. The molecule has 0 bridgehead atoms. The molecule has 5 nitrogen and oxygen atoms in total. The first kappa shape index (κ1) is 8.00. The molecule has 0 saturated carbocycles. The van der Waals surface area contributed by atoms with E-state index in [1.165, 1.54) is 6.20 Å². The second-order valence-electron chi connectivity index (χ2n) is 1.79. The lowest BCUT2D eigenvalue weighted by Gasteiger charge is -1.84. The van der Waals surface area contributed by atoms with E-state index >= 15 is 0 Å². The maximum Gasteiger partial charge on any atom is 0.294 e. The van der Waals surface area contributed by atoms with Crippen molar-refractivity contribution in [2.75, 3.05) is 5.88 Å². The summed E-state index contributed by atoms with van der Waals surface area (Å²) in [6.07, 6.45) is 1.77. The van der Waals surface area contributed by atoms with E-state index in [2.05, 4.69) is 20.6 Å². The maximum atomic E-state index is 10.9. The van der Waals surface area contributed by atoms with Crippen LogP contribution in [0, 0.1) is 0 Å². The molecule has 11 heavy (non-hydrogen) atoms. The number of hydrogen-bond donors (Lipinski definition) is 0. The zero-order chi connectivity index (χ0) is 8.10. The average Bonchev–Trinajstić information content (AvgIpc) is 2.18. The van der Waals surface area contributed by atoms with E-state index in [9.17, 15) is 4.79 Å². The Kier molecular flexibility index (Phi) is 2.85. The van der Waals surface area contributed by atoms with Crippen molar-refractivity contribution in [2.24, 2.45) is 0 Å². The summed E-state index contributed by atoms with van der Waals surface area (Å²) in [6.45, 7) is 0. The summed E-state index contributed by atoms with van der Waals surface area (Å²) in [6, 6.07) is 0. The number of halogens is 1. The summed E-state index contributed by atoms with van der Waals surface area (Å²) < 4.78 is 0. The largest absolute Gasteiger partial charge is 0.294 e. The van der Waals surface area contributed by atoms with Gasteiger partial charge in [0.05, 0.1) is 6.20 Å². The van der Waals surface area contributed by atoms with Gasteiger partial charge in [0.2, 0.25) is 0 Å². The van der Waals surface area contributed by atoms with Crippen LogP contribution in [0.4, 0.5) is 0 Å². The molecule has 0 spiro atoms. The smallest absolute Gasteiger partial charge is 0.265 e. The van der Waals surface area contributed by atoms with Gasteiger partial charge in [-0.2, -0.15) is 0 Å². The van der Waals surface area contributed by atoms with Crippen molar-refractivity contribution in [3.8, 4) is 0 Å². The van der Waals surface area contributed by atoms with Crippen molar-refractivity contribution in [1.82, 2.24) is 20.6 Å². The Labute approximate surface area is 67.4 Å². The molecule has 1 rings (SSSR count). The second kappa shape index (κ2) is 3.92. The highest BCUT2D eigenvalue weighted by Gasteiger charge is 1.96. The van der Waals surface area contributed by atoms with E-state index in [0.717, 1.165) is 0 Å². The Morgan fingerprint density at radius 2 is 2.27 bits per heavy atom. The van der Waals surface area contributed by atoms with Gasteiger partial charge in [0.25, 0.3) is 5.56 Å². The van der Waals surface area contributed by atoms with Crippen LogP contribution in [0.5, 0.6) is 0 Å². The van der Waals surface area contributed by atoms with Gasteiger partial charge in [-0.05, 0) is 16.8 Å². The van der Waals surface area contributed by atoms with Crippen LogP contribution < -0.4 is 5.56 Å². The predicted molar refractivity (Wildman–Crippen MR) is 38.3 cm³/mol. The molecule has 0 radical (unpaired) electrons. The van der Waals surface area contributed by atoms with E-state index < -0.39 is 5.56 Å². The normalized spacial score (nSPS) is 9.55. The molecule has 0 atom stereocenters. The Hall–Kier alpha value is -1.10. The first-order valence-electron chi connectivity index (χ1n) is 2.95. The molecule has 0 unspecified atom stereocenters. The fraction of sp³-hybridized carbons (Fsp3) is 0.400. The summed E-state index contributed by atoms with van der Waals surface area (Å²) in [7, 11) is 0. The highest BCUT2D eigenvalue weighted by molar-refractivity contribution is 6.17. The summed E-state index contributed by atoms with van der Waals surface area (Å²) in [5, 5.41) is 13.0. The minimum absolute atomic E-state index is 0.364. The molecular formula is C5H5ClN4O. The lowest BCUT2D eigenvalue weighted by Crippen LogP contribution is -2.10. The van der Waals surface area contributed by atoms with Crippen LogP contribution >= 0.6 is 11.6 Å². The summed E-state index contributed by atoms with van der Waals surface area (Å²) in [5.41, 5.74) is 0.0145. The monoisotopic (exact) mass is 172 g/mol. The van der Waals surface area contributed by atoms with Crippen molar-refractivity contribution in [1.29, 1.82) is 0 Å². The topological polar surface area (TPSA) is 68.6 Å². The first-order chi connectivity index (χ1) is 5.34. The van der Waals surface area contributed by atoms with Crippen LogP contribution in [0.25, 0.3) is 0 Å². The van der Waals surface area contributed by atoms with Gasteiger partial charge in [0, 0.05) is 11.4 Å². The standard InChI is InChI=1S/C5H5ClN4O/c6-2-1-4-3-7-9-10-8-5(4)11/h3H,1-2H2. The third-order valence-corrected chi connectivity index (χ3v) is 1.27.